The van der Waals surface area contributed by atoms with Gasteiger partial charge in [-0.1, -0.05) is 42.5 Å². The number of hydrogen-bond donors (Lipinski definition) is 1. The van der Waals surface area contributed by atoms with Crippen molar-refractivity contribution >= 4 is 11.7 Å². The maximum Gasteiger partial charge on any atom is 0.345 e. The molecule has 0 saturated carbocycles. The second kappa shape index (κ2) is 8.31. The lowest BCUT2D eigenvalue weighted by Crippen LogP contribution is -2.30. The van der Waals surface area contributed by atoms with Gasteiger partial charge in [0.15, 0.2) is 0 Å². The summed E-state index contributed by atoms with van der Waals surface area (Å²) >= 11 is 0. The summed E-state index contributed by atoms with van der Waals surface area (Å²) in [5, 5.41) is 3.86. The highest BCUT2D eigenvalue weighted by molar-refractivity contribution is 5.88. The number of carbonyl (C=O) groups excluding carboxylic acids is 1. The minimum absolute atomic E-state index is 0.0263. The zero-order valence-corrected chi connectivity index (χ0v) is 13.7. The quantitative estimate of drug-likeness (QED) is 0.820. The third kappa shape index (κ3) is 5.09. The van der Waals surface area contributed by atoms with E-state index < -0.39 is 0 Å². The van der Waals surface area contributed by atoms with E-state index in [1.807, 2.05) is 61.5 Å². The molecule has 5 nitrogen and oxygen atoms in total. The van der Waals surface area contributed by atoms with Crippen LogP contribution in [0, 0.1) is 0 Å². The van der Waals surface area contributed by atoms with Crippen molar-refractivity contribution < 1.29 is 14.4 Å². The lowest BCUT2D eigenvalue weighted by molar-refractivity contribution is -0.0598. The average Bonchev–Trinajstić information content (AvgIpc) is 2.60. The Labute approximate surface area is 136 Å². The Morgan fingerprint density at radius 3 is 2.39 bits per heavy atom. The predicted molar refractivity (Wildman–Crippen MR) is 89.9 cm³/mol. The van der Waals surface area contributed by atoms with E-state index in [1.165, 1.54) is 7.11 Å². The first kappa shape index (κ1) is 17.0. The molecule has 0 aromatic heterocycles. The molecule has 0 heterocycles. The van der Waals surface area contributed by atoms with Crippen molar-refractivity contribution in [1.82, 2.24) is 5.06 Å². The standard InChI is InChI=1S/C18H22N2O3/c1-14(23-13-15-7-5-4-6-8-15)16-9-11-17(12-10-16)19-18(21)20(2)22-3/h4-12,14H,13H2,1-3H3,(H,19,21). The largest absolute Gasteiger partial charge is 0.369 e. The fourth-order valence-corrected chi connectivity index (χ4v) is 2.01. The van der Waals surface area contributed by atoms with Crippen molar-refractivity contribution in [3.8, 4) is 0 Å². The Kier molecular flexibility index (Phi) is 6.14. The molecule has 2 rings (SSSR count). The summed E-state index contributed by atoms with van der Waals surface area (Å²) in [5.41, 5.74) is 2.91. The highest BCUT2D eigenvalue weighted by Gasteiger charge is 2.09. The van der Waals surface area contributed by atoms with Gasteiger partial charge >= 0.3 is 6.03 Å². The second-order valence-electron chi connectivity index (χ2n) is 5.17. The van der Waals surface area contributed by atoms with Gasteiger partial charge in [0.1, 0.15) is 0 Å². The second-order valence-corrected chi connectivity index (χ2v) is 5.17. The monoisotopic (exact) mass is 314 g/mol. The normalized spacial score (nSPS) is 11.8. The van der Waals surface area contributed by atoms with E-state index in [1.54, 1.807) is 7.05 Å². The van der Waals surface area contributed by atoms with Gasteiger partial charge in [-0.2, -0.15) is 0 Å². The van der Waals surface area contributed by atoms with Crippen molar-refractivity contribution in [2.24, 2.45) is 0 Å². The number of anilines is 1. The van der Waals surface area contributed by atoms with E-state index in [9.17, 15) is 4.79 Å². The summed E-state index contributed by atoms with van der Waals surface area (Å²) in [5.74, 6) is 0. The third-order valence-electron chi connectivity index (χ3n) is 3.53. The third-order valence-corrected chi connectivity index (χ3v) is 3.53. The molecule has 0 spiro atoms. The number of nitrogens with one attached hydrogen (secondary N) is 1. The SMILES string of the molecule is CON(C)C(=O)Nc1ccc(C(C)OCc2ccccc2)cc1. The summed E-state index contributed by atoms with van der Waals surface area (Å²) in [4.78, 5) is 16.5. The van der Waals surface area contributed by atoms with Crippen molar-refractivity contribution in [3.63, 3.8) is 0 Å². The molecule has 1 unspecified atom stereocenters. The van der Waals surface area contributed by atoms with Crippen LogP contribution in [-0.2, 0) is 16.2 Å². The first-order valence-corrected chi connectivity index (χ1v) is 7.44. The maximum absolute atomic E-state index is 11.7. The number of benzene rings is 2. The molecule has 23 heavy (non-hydrogen) atoms. The fraction of sp³-hybridized carbons (Fsp3) is 0.278. The molecule has 122 valence electrons. The summed E-state index contributed by atoms with van der Waals surface area (Å²) in [6.07, 6.45) is -0.0263. The molecule has 0 bridgehead atoms. The van der Waals surface area contributed by atoms with Crippen LogP contribution in [0.25, 0.3) is 0 Å². The van der Waals surface area contributed by atoms with Crippen LogP contribution in [0.2, 0.25) is 0 Å². The van der Waals surface area contributed by atoms with Crippen molar-refractivity contribution in [2.45, 2.75) is 19.6 Å². The molecule has 2 aromatic carbocycles. The summed E-state index contributed by atoms with van der Waals surface area (Å²) in [6, 6.07) is 17.3. The Morgan fingerprint density at radius 2 is 1.78 bits per heavy atom. The van der Waals surface area contributed by atoms with Gasteiger partial charge in [0.2, 0.25) is 0 Å². The van der Waals surface area contributed by atoms with Crippen LogP contribution in [0.4, 0.5) is 10.5 Å². The first-order valence-electron chi connectivity index (χ1n) is 7.44. The summed E-state index contributed by atoms with van der Waals surface area (Å²) in [6.45, 7) is 2.58. The van der Waals surface area contributed by atoms with Crippen LogP contribution in [0.3, 0.4) is 0 Å². The van der Waals surface area contributed by atoms with Gasteiger partial charge in [-0.25, -0.2) is 9.86 Å². The van der Waals surface area contributed by atoms with Crippen LogP contribution in [0.1, 0.15) is 24.2 Å². The molecular weight excluding hydrogens is 292 g/mol. The average molecular weight is 314 g/mol. The number of carbonyl (C=O) groups is 1. The Balaban J connectivity index is 1.89. The summed E-state index contributed by atoms with van der Waals surface area (Å²) < 4.78 is 5.88. The molecule has 0 aliphatic rings. The molecule has 0 fully saturated rings. The predicted octanol–water partition coefficient (Wildman–Crippen LogP) is 3.99. The summed E-state index contributed by atoms with van der Waals surface area (Å²) in [7, 11) is 2.98. The molecule has 0 saturated heterocycles. The molecule has 1 atom stereocenters. The zero-order valence-electron chi connectivity index (χ0n) is 13.7. The van der Waals surface area contributed by atoms with Crippen LogP contribution in [0.15, 0.2) is 54.6 Å². The van der Waals surface area contributed by atoms with Gasteiger partial charge in [-0.05, 0) is 30.2 Å². The molecule has 5 heteroatoms. The highest BCUT2D eigenvalue weighted by atomic mass is 16.7. The minimum Gasteiger partial charge on any atom is -0.369 e. The maximum atomic E-state index is 11.7. The highest BCUT2D eigenvalue weighted by Crippen LogP contribution is 2.20. The van der Waals surface area contributed by atoms with Crippen molar-refractivity contribution in [2.75, 3.05) is 19.5 Å². The Hall–Kier alpha value is -2.37. The van der Waals surface area contributed by atoms with Crippen LogP contribution < -0.4 is 5.32 Å². The molecule has 1 N–H and O–H groups in total. The molecule has 0 aliphatic heterocycles. The van der Waals surface area contributed by atoms with E-state index in [2.05, 4.69) is 5.32 Å². The molecule has 0 aliphatic carbocycles. The number of amides is 2. The molecule has 2 aromatic rings. The molecular formula is C18H22N2O3. The van der Waals surface area contributed by atoms with E-state index in [0.29, 0.717) is 12.3 Å². The Morgan fingerprint density at radius 1 is 1.13 bits per heavy atom. The van der Waals surface area contributed by atoms with Gasteiger partial charge in [0, 0.05) is 12.7 Å². The molecule has 0 radical (unpaired) electrons. The Bertz CT molecular complexity index is 614. The molecule has 2 amide bonds. The van der Waals surface area contributed by atoms with E-state index in [0.717, 1.165) is 16.2 Å². The first-order chi connectivity index (χ1) is 11.1. The van der Waals surface area contributed by atoms with Gasteiger partial charge in [-0.3, -0.25) is 4.84 Å². The van der Waals surface area contributed by atoms with Crippen molar-refractivity contribution in [3.05, 3.63) is 65.7 Å². The number of hydrogen-bond acceptors (Lipinski definition) is 3. The van der Waals surface area contributed by atoms with Gasteiger partial charge < -0.3 is 10.1 Å². The smallest absolute Gasteiger partial charge is 0.345 e. The minimum atomic E-state index is -0.325. The van der Waals surface area contributed by atoms with Crippen LogP contribution >= 0.6 is 0 Å². The topological polar surface area (TPSA) is 50.8 Å². The van der Waals surface area contributed by atoms with E-state index in [-0.39, 0.29) is 12.1 Å². The van der Waals surface area contributed by atoms with Crippen LogP contribution in [-0.4, -0.2) is 25.3 Å². The number of ether oxygens (including phenoxy) is 1. The van der Waals surface area contributed by atoms with Gasteiger partial charge in [0.25, 0.3) is 0 Å². The number of urea groups is 1. The van der Waals surface area contributed by atoms with Gasteiger partial charge in [-0.15, -0.1) is 0 Å². The van der Waals surface area contributed by atoms with E-state index >= 15 is 0 Å². The fourth-order valence-electron chi connectivity index (χ4n) is 2.01. The lowest BCUT2D eigenvalue weighted by atomic mass is 10.1. The lowest BCUT2D eigenvalue weighted by Gasteiger charge is -2.16. The van der Waals surface area contributed by atoms with Crippen LogP contribution in [0.5, 0.6) is 0 Å². The van der Waals surface area contributed by atoms with Gasteiger partial charge in [0.05, 0.1) is 19.8 Å². The number of rotatable bonds is 6. The van der Waals surface area contributed by atoms with Crippen molar-refractivity contribution in [1.29, 1.82) is 0 Å². The van der Waals surface area contributed by atoms with E-state index in [4.69, 9.17) is 9.57 Å². The number of hydroxylamine groups is 2. The zero-order chi connectivity index (χ0) is 16.7. The number of nitrogens with zero attached hydrogens (tertiary/aromatic N) is 1.